The summed E-state index contributed by atoms with van der Waals surface area (Å²) in [6, 6.07) is 21.5. The van der Waals surface area contributed by atoms with Crippen molar-refractivity contribution in [3.63, 3.8) is 0 Å². The number of nitrogens with one attached hydrogen (secondary N) is 1. The van der Waals surface area contributed by atoms with Crippen molar-refractivity contribution >= 4 is 11.6 Å². The molecule has 1 aromatic heterocycles. The van der Waals surface area contributed by atoms with Gasteiger partial charge >= 0.3 is 0 Å². The zero-order chi connectivity index (χ0) is 16.8. The standard InChI is InChI=1S/C19H17N3O2/c20-19(23)18(14-7-2-1-3-8-14)22-15-9-6-10-16(13-15)24-17-11-4-5-12-21-17/h1-13,18,22H,(H2,20,23)/t18-/m0/s1. The summed E-state index contributed by atoms with van der Waals surface area (Å²) in [6.45, 7) is 0. The molecule has 0 unspecified atom stereocenters. The number of ether oxygens (including phenoxy) is 1. The zero-order valence-corrected chi connectivity index (χ0v) is 12.9. The molecule has 3 aromatic rings. The number of pyridine rings is 1. The fourth-order valence-electron chi connectivity index (χ4n) is 2.31. The lowest BCUT2D eigenvalue weighted by Gasteiger charge is -2.17. The second kappa shape index (κ2) is 7.28. The molecule has 1 heterocycles. The van der Waals surface area contributed by atoms with Gasteiger partial charge in [0, 0.05) is 24.0 Å². The van der Waals surface area contributed by atoms with E-state index in [1.807, 2.05) is 60.7 Å². The predicted molar refractivity (Wildman–Crippen MR) is 92.8 cm³/mol. The number of hydrogen-bond acceptors (Lipinski definition) is 4. The average molecular weight is 319 g/mol. The van der Waals surface area contributed by atoms with Gasteiger partial charge in [-0.1, -0.05) is 42.5 Å². The van der Waals surface area contributed by atoms with Crippen molar-refractivity contribution in [1.29, 1.82) is 0 Å². The molecule has 3 rings (SSSR count). The van der Waals surface area contributed by atoms with Crippen LogP contribution >= 0.6 is 0 Å². The molecule has 3 N–H and O–H groups in total. The summed E-state index contributed by atoms with van der Waals surface area (Å²) < 4.78 is 5.70. The van der Waals surface area contributed by atoms with Gasteiger partial charge in [0.2, 0.25) is 11.8 Å². The quantitative estimate of drug-likeness (QED) is 0.729. The van der Waals surface area contributed by atoms with Crippen LogP contribution in [0, 0.1) is 0 Å². The van der Waals surface area contributed by atoms with E-state index < -0.39 is 11.9 Å². The molecule has 0 aliphatic rings. The van der Waals surface area contributed by atoms with Crippen molar-refractivity contribution in [1.82, 2.24) is 4.98 Å². The van der Waals surface area contributed by atoms with Crippen molar-refractivity contribution in [2.45, 2.75) is 6.04 Å². The van der Waals surface area contributed by atoms with Crippen molar-refractivity contribution in [2.75, 3.05) is 5.32 Å². The Balaban J connectivity index is 1.79. The summed E-state index contributed by atoms with van der Waals surface area (Å²) in [6.07, 6.45) is 1.66. The van der Waals surface area contributed by atoms with Gasteiger partial charge < -0.3 is 15.8 Å². The van der Waals surface area contributed by atoms with Gasteiger partial charge in [-0.3, -0.25) is 4.79 Å². The van der Waals surface area contributed by atoms with Crippen LogP contribution in [0.1, 0.15) is 11.6 Å². The lowest BCUT2D eigenvalue weighted by molar-refractivity contribution is -0.118. The van der Waals surface area contributed by atoms with Gasteiger partial charge in [-0.15, -0.1) is 0 Å². The average Bonchev–Trinajstić information content (AvgIpc) is 2.61. The molecule has 24 heavy (non-hydrogen) atoms. The van der Waals surface area contributed by atoms with Crippen LogP contribution in [-0.2, 0) is 4.79 Å². The summed E-state index contributed by atoms with van der Waals surface area (Å²) in [5.74, 6) is 0.677. The summed E-state index contributed by atoms with van der Waals surface area (Å²) in [5, 5.41) is 3.15. The summed E-state index contributed by atoms with van der Waals surface area (Å²) in [7, 11) is 0. The molecule has 0 spiro atoms. The molecular weight excluding hydrogens is 302 g/mol. The number of nitrogens with zero attached hydrogens (tertiary/aromatic N) is 1. The molecule has 120 valence electrons. The fourth-order valence-corrected chi connectivity index (χ4v) is 2.31. The van der Waals surface area contributed by atoms with Gasteiger partial charge in [0.1, 0.15) is 11.8 Å². The second-order valence-electron chi connectivity index (χ2n) is 5.19. The maximum atomic E-state index is 11.8. The van der Waals surface area contributed by atoms with Crippen molar-refractivity contribution in [2.24, 2.45) is 5.73 Å². The Morgan fingerprint density at radius 3 is 2.50 bits per heavy atom. The number of primary amides is 1. The first-order valence-electron chi connectivity index (χ1n) is 7.52. The molecular formula is C19H17N3O2. The number of benzene rings is 2. The molecule has 1 amide bonds. The Bertz CT molecular complexity index is 807. The molecule has 0 aliphatic carbocycles. The lowest BCUT2D eigenvalue weighted by atomic mass is 10.1. The van der Waals surface area contributed by atoms with E-state index in [2.05, 4.69) is 10.3 Å². The second-order valence-corrected chi connectivity index (χ2v) is 5.19. The largest absolute Gasteiger partial charge is 0.439 e. The highest BCUT2D eigenvalue weighted by Gasteiger charge is 2.17. The maximum absolute atomic E-state index is 11.8. The van der Waals surface area contributed by atoms with E-state index in [-0.39, 0.29) is 0 Å². The number of carbonyl (C=O) groups is 1. The van der Waals surface area contributed by atoms with E-state index in [9.17, 15) is 4.79 Å². The van der Waals surface area contributed by atoms with Crippen LogP contribution in [-0.4, -0.2) is 10.9 Å². The van der Waals surface area contributed by atoms with Gasteiger partial charge in [-0.05, 0) is 23.8 Å². The number of anilines is 1. The third kappa shape index (κ3) is 3.89. The first-order valence-corrected chi connectivity index (χ1v) is 7.52. The van der Waals surface area contributed by atoms with E-state index in [1.165, 1.54) is 0 Å². The van der Waals surface area contributed by atoms with Crippen LogP contribution in [0.15, 0.2) is 79.0 Å². The Morgan fingerprint density at radius 1 is 1.00 bits per heavy atom. The minimum Gasteiger partial charge on any atom is -0.439 e. The van der Waals surface area contributed by atoms with Gasteiger partial charge in [0.15, 0.2) is 0 Å². The van der Waals surface area contributed by atoms with Crippen LogP contribution in [0.4, 0.5) is 5.69 Å². The number of amides is 1. The first kappa shape index (κ1) is 15.6. The van der Waals surface area contributed by atoms with Crippen molar-refractivity contribution in [3.8, 4) is 11.6 Å². The zero-order valence-electron chi connectivity index (χ0n) is 12.9. The van der Waals surface area contributed by atoms with Gasteiger partial charge in [0.05, 0.1) is 0 Å². The minimum atomic E-state index is -0.615. The summed E-state index contributed by atoms with van der Waals surface area (Å²) in [5.41, 5.74) is 7.07. The molecule has 2 aromatic carbocycles. The molecule has 0 bridgehead atoms. The maximum Gasteiger partial charge on any atom is 0.244 e. The Hall–Kier alpha value is -3.34. The van der Waals surface area contributed by atoms with E-state index in [0.717, 1.165) is 11.3 Å². The van der Waals surface area contributed by atoms with E-state index >= 15 is 0 Å². The van der Waals surface area contributed by atoms with E-state index in [4.69, 9.17) is 10.5 Å². The normalized spacial score (nSPS) is 11.5. The van der Waals surface area contributed by atoms with Crippen LogP contribution in [0.3, 0.4) is 0 Å². The molecule has 1 atom stereocenters. The van der Waals surface area contributed by atoms with Crippen LogP contribution in [0.2, 0.25) is 0 Å². The number of rotatable bonds is 6. The monoisotopic (exact) mass is 319 g/mol. The SMILES string of the molecule is NC(=O)[C@@H](Nc1cccc(Oc2ccccn2)c1)c1ccccc1. The van der Waals surface area contributed by atoms with Gasteiger partial charge in [-0.25, -0.2) is 4.98 Å². The molecule has 5 heteroatoms. The van der Waals surface area contributed by atoms with E-state index in [0.29, 0.717) is 11.6 Å². The number of hydrogen-bond donors (Lipinski definition) is 2. The van der Waals surface area contributed by atoms with Crippen LogP contribution in [0.25, 0.3) is 0 Å². The number of nitrogens with two attached hydrogens (primary N) is 1. The third-order valence-electron chi connectivity index (χ3n) is 3.42. The van der Waals surface area contributed by atoms with Crippen LogP contribution < -0.4 is 15.8 Å². The van der Waals surface area contributed by atoms with Crippen molar-refractivity contribution < 1.29 is 9.53 Å². The molecule has 0 radical (unpaired) electrons. The predicted octanol–water partition coefficient (Wildman–Crippen LogP) is 3.51. The van der Waals surface area contributed by atoms with Crippen molar-refractivity contribution in [3.05, 3.63) is 84.6 Å². The smallest absolute Gasteiger partial charge is 0.244 e. The molecule has 0 saturated heterocycles. The highest BCUT2D eigenvalue weighted by molar-refractivity contribution is 5.84. The highest BCUT2D eigenvalue weighted by atomic mass is 16.5. The third-order valence-corrected chi connectivity index (χ3v) is 3.42. The van der Waals surface area contributed by atoms with E-state index in [1.54, 1.807) is 18.3 Å². The minimum absolute atomic E-state index is 0.447. The molecule has 0 saturated carbocycles. The topological polar surface area (TPSA) is 77.2 Å². The summed E-state index contributed by atoms with van der Waals surface area (Å²) in [4.78, 5) is 15.9. The number of aromatic nitrogens is 1. The Kier molecular flexibility index (Phi) is 4.72. The summed E-state index contributed by atoms with van der Waals surface area (Å²) >= 11 is 0. The van der Waals surface area contributed by atoms with Gasteiger partial charge in [0.25, 0.3) is 0 Å². The molecule has 0 aliphatic heterocycles. The first-order chi connectivity index (χ1) is 11.7. The number of carbonyl (C=O) groups excluding carboxylic acids is 1. The Morgan fingerprint density at radius 2 is 1.79 bits per heavy atom. The fraction of sp³-hybridized carbons (Fsp3) is 0.0526. The Labute approximate surface area is 140 Å². The molecule has 0 fully saturated rings. The van der Waals surface area contributed by atoms with Gasteiger partial charge in [-0.2, -0.15) is 0 Å². The lowest BCUT2D eigenvalue weighted by Crippen LogP contribution is -2.27. The molecule has 5 nitrogen and oxygen atoms in total. The van der Waals surface area contributed by atoms with Crippen LogP contribution in [0.5, 0.6) is 11.6 Å². The highest BCUT2D eigenvalue weighted by Crippen LogP contribution is 2.25.